The number of halogens is 2. The van der Waals surface area contributed by atoms with E-state index in [1.807, 2.05) is 0 Å². The van der Waals surface area contributed by atoms with E-state index in [1.165, 1.54) is 0 Å². The Kier molecular flexibility index (Phi) is 8.64. The predicted octanol–water partition coefficient (Wildman–Crippen LogP) is 3.92. The van der Waals surface area contributed by atoms with Gasteiger partial charge in [-0.3, -0.25) is 24.2 Å². The summed E-state index contributed by atoms with van der Waals surface area (Å²) >= 11 is 0. The molecule has 0 aromatic heterocycles. The summed E-state index contributed by atoms with van der Waals surface area (Å²) in [6, 6.07) is 2.88. The zero-order chi connectivity index (χ0) is 22.3. The largest absolute Gasteiger partial charge is 0.524 e. The quantitative estimate of drug-likeness (QED) is 0.366. The number of amides is 1. The van der Waals surface area contributed by atoms with Crippen LogP contribution in [0.5, 0.6) is 5.75 Å². The fourth-order valence-corrected chi connectivity index (χ4v) is 3.76. The first-order valence-electron chi connectivity index (χ1n) is 9.56. The molecule has 3 N–H and O–H groups in total. The highest BCUT2D eigenvalue weighted by Gasteiger charge is 2.24. The standard InChI is InChI=1S/C19H24F2NO7P/c20-19(21)15-10-13(6-8-17(15)29-30(26,27)28)22-18(25)9-7-14(23)11-16(24)12-4-2-1-3-5-12/h6,8,10,12,19H,1-5,7,9,11H2,(H,22,25)(H2,26,27,28). The third-order valence-electron chi connectivity index (χ3n) is 4.81. The molecule has 30 heavy (non-hydrogen) atoms. The zero-order valence-corrected chi connectivity index (χ0v) is 17.1. The number of hydrogen-bond donors (Lipinski definition) is 3. The number of carbonyl (C=O) groups is 3. The van der Waals surface area contributed by atoms with Crippen LogP contribution in [0.25, 0.3) is 0 Å². The normalized spacial score (nSPS) is 15.1. The van der Waals surface area contributed by atoms with Crippen LogP contribution < -0.4 is 9.84 Å². The number of Topliss-reactive ketones (excluding diaryl/α,β-unsaturated/α-hetero) is 2. The van der Waals surface area contributed by atoms with Crippen molar-refractivity contribution in [2.45, 2.75) is 57.8 Å². The van der Waals surface area contributed by atoms with Crippen LogP contribution >= 0.6 is 7.82 Å². The van der Waals surface area contributed by atoms with Gasteiger partial charge in [0.15, 0.2) is 0 Å². The molecule has 2 rings (SSSR count). The molecule has 0 radical (unpaired) electrons. The highest BCUT2D eigenvalue weighted by Crippen LogP contribution is 2.42. The highest BCUT2D eigenvalue weighted by atomic mass is 31.2. The summed E-state index contributed by atoms with van der Waals surface area (Å²) in [6.07, 6.45) is 0.960. The van der Waals surface area contributed by atoms with Crippen LogP contribution in [-0.2, 0) is 18.9 Å². The monoisotopic (exact) mass is 447 g/mol. The molecule has 1 amide bonds. The van der Waals surface area contributed by atoms with Gasteiger partial charge in [0, 0.05) is 24.4 Å². The van der Waals surface area contributed by atoms with Gasteiger partial charge in [-0.25, -0.2) is 13.3 Å². The molecular formula is C19H24F2NO7P. The number of phosphoric ester groups is 1. The van der Waals surface area contributed by atoms with Crippen LogP contribution in [0.15, 0.2) is 18.2 Å². The van der Waals surface area contributed by atoms with Crippen LogP contribution in [0.4, 0.5) is 14.5 Å². The van der Waals surface area contributed by atoms with Gasteiger partial charge in [0.1, 0.15) is 17.3 Å². The lowest BCUT2D eigenvalue weighted by molar-refractivity contribution is -0.131. The lowest BCUT2D eigenvalue weighted by Crippen LogP contribution is -2.21. The van der Waals surface area contributed by atoms with Gasteiger partial charge in [-0.1, -0.05) is 19.3 Å². The van der Waals surface area contributed by atoms with Crippen molar-refractivity contribution >= 4 is 31.0 Å². The minimum absolute atomic E-state index is 0.0425. The van der Waals surface area contributed by atoms with Crippen LogP contribution in [0.2, 0.25) is 0 Å². The molecule has 8 nitrogen and oxygen atoms in total. The Labute approximate surface area is 172 Å². The summed E-state index contributed by atoms with van der Waals surface area (Å²) in [4.78, 5) is 53.7. The number of phosphoric acid groups is 1. The Morgan fingerprint density at radius 2 is 1.80 bits per heavy atom. The van der Waals surface area contributed by atoms with Gasteiger partial charge in [0.25, 0.3) is 6.43 Å². The van der Waals surface area contributed by atoms with Crippen LogP contribution in [-0.4, -0.2) is 27.3 Å². The average Bonchev–Trinajstić information content (AvgIpc) is 2.67. The fourth-order valence-electron chi connectivity index (χ4n) is 3.34. The van der Waals surface area contributed by atoms with Gasteiger partial charge >= 0.3 is 7.82 Å². The second-order valence-electron chi connectivity index (χ2n) is 7.20. The molecular weight excluding hydrogens is 423 g/mol. The van der Waals surface area contributed by atoms with Gasteiger partial charge in [0.05, 0.1) is 12.0 Å². The van der Waals surface area contributed by atoms with Crippen molar-refractivity contribution in [2.24, 2.45) is 5.92 Å². The van der Waals surface area contributed by atoms with Crippen molar-refractivity contribution in [1.29, 1.82) is 0 Å². The van der Waals surface area contributed by atoms with Crippen molar-refractivity contribution < 1.29 is 42.0 Å². The summed E-state index contributed by atoms with van der Waals surface area (Å²) in [5.41, 5.74) is -0.843. The van der Waals surface area contributed by atoms with Crippen molar-refractivity contribution in [3.8, 4) is 5.75 Å². The summed E-state index contributed by atoms with van der Waals surface area (Å²) in [7, 11) is -5.03. The number of anilines is 1. The molecule has 0 aliphatic heterocycles. The highest BCUT2D eigenvalue weighted by molar-refractivity contribution is 7.46. The Morgan fingerprint density at radius 3 is 2.40 bits per heavy atom. The zero-order valence-electron chi connectivity index (χ0n) is 16.2. The lowest BCUT2D eigenvalue weighted by atomic mass is 9.84. The van der Waals surface area contributed by atoms with Crippen LogP contribution in [0.1, 0.15) is 63.4 Å². The van der Waals surface area contributed by atoms with Crippen LogP contribution in [0.3, 0.4) is 0 Å². The molecule has 1 aromatic rings. The number of rotatable bonds is 10. The molecule has 1 saturated carbocycles. The van der Waals surface area contributed by atoms with E-state index in [0.29, 0.717) is 0 Å². The van der Waals surface area contributed by atoms with E-state index in [4.69, 9.17) is 9.79 Å². The molecule has 1 aromatic carbocycles. The number of ketones is 2. The molecule has 0 spiro atoms. The van der Waals surface area contributed by atoms with Crippen molar-refractivity contribution in [1.82, 2.24) is 0 Å². The van der Waals surface area contributed by atoms with Gasteiger partial charge in [0.2, 0.25) is 5.91 Å². The Bertz CT molecular complexity index is 834. The van der Waals surface area contributed by atoms with Crippen LogP contribution in [0, 0.1) is 5.92 Å². The van der Waals surface area contributed by atoms with Crippen molar-refractivity contribution in [2.75, 3.05) is 5.32 Å². The first-order valence-corrected chi connectivity index (χ1v) is 11.1. The van der Waals surface area contributed by atoms with Gasteiger partial charge in [-0.2, -0.15) is 0 Å². The van der Waals surface area contributed by atoms with E-state index in [9.17, 15) is 27.7 Å². The van der Waals surface area contributed by atoms with Crippen molar-refractivity contribution in [3.05, 3.63) is 23.8 Å². The molecule has 1 fully saturated rings. The van der Waals surface area contributed by atoms with E-state index in [2.05, 4.69) is 9.84 Å². The van der Waals surface area contributed by atoms with Gasteiger partial charge in [-0.05, 0) is 31.0 Å². The molecule has 1 aliphatic rings. The molecule has 1 aliphatic carbocycles. The second kappa shape index (κ2) is 10.7. The summed E-state index contributed by atoms with van der Waals surface area (Å²) in [5, 5.41) is 2.34. The summed E-state index contributed by atoms with van der Waals surface area (Å²) in [6.45, 7) is 0. The minimum Gasteiger partial charge on any atom is -0.404 e. The maximum Gasteiger partial charge on any atom is 0.524 e. The predicted molar refractivity (Wildman–Crippen MR) is 103 cm³/mol. The first kappa shape index (κ1) is 24.1. The molecule has 0 atom stereocenters. The summed E-state index contributed by atoms with van der Waals surface area (Å²) in [5.74, 6) is -1.84. The average molecular weight is 447 g/mol. The maximum absolute atomic E-state index is 13.1. The molecule has 0 unspecified atom stereocenters. The number of alkyl halides is 2. The fraction of sp³-hybridized carbons (Fsp3) is 0.526. The molecule has 11 heteroatoms. The summed E-state index contributed by atoms with van der Waals surface area (Å²) < 4.78 is 41.3. The third-order valence-corrected chi connectivity index (χ3v) is 5.24. The number of nitrogens with one attached hydrogen (secondary N) is 1. The Hall–Kier alpha value is -2.16. The Morgan fingerprint density at radius 1 is 1.13 bits per heavy atom. The second-order valence-corrected chi connectivity index (χ2v) is 8.36. The third kappa shape index (κ3) is 7.93. The van der Waals surface area contributed by atoms with Crippen molar-refractivity contribution in [3.63, 3.8) is 0 Å². The molecule has 166 valence electrons. The van der Waals surface area contributed by atoms with E-state index in [1.54, 1.807) is 0 Å². The number of carbonyl (C=O) groups excluding carboxylic acids is 3. The minimum atomic E-state index is -5.03. The van der Waals surface area contributed by atoms with E-state index in [-0.39, 0.29) is 42.4 Å². The number of hydrogen-bond acceptors (Lipinski definition) is 5. The number of benzene rings is 1. The molecule has 0 bridgehead atoms. The molecule has 0 saturated heterocycles. The van der Waals surface area contributed by atoms with Gasteiger partial charge < -0.3 is 9.84 Å². The molecule has 0 heterocycles. The first-order chi connectivity index (χ1) is 14.0. The Balaban J connectivity index is 1.88. The SMILES string of the molecule is O=C(CCC(=O)Nc1ccc(OP(=O)(O)O)c(C(F)F)c1)CC(=O)C1CCCCC1. The van der Waals surface area contributed by atoms with E-state index in [0.717, 1.165) is 50.3 Å². The smallest absolute Gasteiger partial charge is 0.404 e. The topological polar surface area (TPSA) is 130 Å². The van der Waals surface area contributed by atoms with E-state index >= 15 is 0 Å². The lowest BCUT2D eigenvalue weighted by Gasteiger charge is -2.19. The van der Waals surface area contributed by atoms with Gasteiger partial charge in [-0.15, -0.1) is 0 Å². The van der Waals surface area contributed by atoms with E-state index < -0.39 is 31.5 Å². The maximum atomic E-state index is 13.1.